The number of hydrogen-bond donors (Lipinski definition) is 1. The maximum atomic E-state index is 12.3. The summed E-state index contributed by atoms with van der Waals surface area (Å²) in [6, 6.07) is -1.24. The number of amides is 1. The van der Waals surface area contributed by atoms with Crippen molar-refractivity contribution in [3.05, 3.63) is 30.3 Å². The minimum Gasteiger partial charge on any atom is -0.462 e. The second-order valence-electron chi connectivity index (χ2n) is 5.96. The number of rotatable bonds is 21. The Morgan fingerprint density at radius 1 is 0.765 bits per heavy atom. The van der Waals surface area contributed by atoms with Crippen molar-refractivity contribution in [2.24, 2.45) is 0 Å². The van der Waals surface area contributed by atoms with Crippen molar-refractivity contribution < 1.29 is 53.6 Å². The van der Waals surface area contributed by atoms with Gasteiger partial charge < -0.3 is 29.3 Å². The van der Waals surface area contributed by atoms with Crippen molar-refractivity contribution in [2.45, 2.75) is 31.7 Å². The second-order valence-corrected chi connectivity index (χ2v) is 7.04. The number of nitrogens with one attached hydrogen (secondary N) is 1. The average molecular weight is 516 g/mol. The van der Waals surface area contributed by atoms with Crippen LogP contribution in [0.15, 0.2) is 0 Å². The summed E-state index contributed by atoms with van der Waals surface area (Å²) in [6.07, 6.45) is -0.208. The van der Waals surface area contributed by atoms with E-state index in [1.54, 1.807) is 0 Å². The van der Waals surface area contributed by atoms with E-state index in [1.165, 1.54) is 0 Å². The third kappa shape index (κ3) is 19.2. The van der Waals surface area contributed by atoms with Crippen LogP contribution in [0.1, 0.15) is 25.7 Å². The lowest BCUT2D eigenvalue weighted by atomic mass is 10.2. The molecule has 1 amide bonds. The van der Waals surface area contributed by atoms with Crippen LogP contribution in [0.3, 0.4) is 0 Å². The molecule has 0 spiro atoms. The summed E-state index contributed by atoms with van der Waals surface area (Å²) >= 11 is 0.693. The molecule has 19 heteroatoms. The Morgan fingerprint density at radius 3 is 1.88 bits per heavy atom. The van der Waals surface area contributed by atoms with Crippen molar-refractivity contribution in [1.29, 1.82) is 0 Å². The standard InChI is InChI=1S/C15H24N4O14S/c20-13(3-1-5-31-17(23)24)16-12(11-34-14(21)4-2-6-32-18(25)26)15(22)30-9-7-29-8-10-33-19(27)28/h12H,1-11H2,(H,16,20). The smallest absolute Gasteiger partial charge is 0.329 e. The summed E-state index contributed by atoms with van der Waals surface area (Å²) in [4.78, 5) is 78.5. The molecule has 0 rings (SSSR count). The van der Waals surface area contributed by atoms with Gasteiger partial charge in [0.15, 0.2) is 5.12 Å². The van der Waals surface area contributed by atoms with E-state index < -0.39 is 38.3 Å². The summed E-state index contributed by atoms with van der Waals surface area (Å²) in [5.41, 5.74) is 0. The molecule has 0 bridgehead atoms. The van der Waals surface area contributed by atoms with Crippen molar-refractivity contribution in [2.75, 3.05) is 45.4 Å². The molecule has 1 unspecified atom stereocenters. The molecule has 34 heavy (non-hydrogen) atoms. The number of carbonyl (C=O) groups excluding carboxylic acids is 3. The van der Waals surface area contributed by atoms with Crippen LogP contribution in [0.5, 0.6) is 0 Å². The first-order valence-electron chi connectivity index (χ1n) is 9.63. The van der Waals surface area contributed by atoms with Crippen LogP contribution >= 0.6 is 11.8 Å². The first-order valence-corrected chi connectivity index (χ1v) is 10.6. The van der Waals surface area contributed by atoms with Crippen LogP contribution in [-0.2, 0) is 38.4 Å². The van der Waals surface area contributed by atoms with Crippen LogP contribution in [0.25, 0.3) is 0 Å². The fourth-order valence-electron chi connectivity index (χ4n) is 1.99. The van der Waals surface area contributed by atoms with Gasteiger partial charge in [0.2, 0.25) is 5.91 Å². The molecule has 0 fully saturated rings. The first kappa shape index (κ1) is 30.5. The van der Waals surface area contributed by atoms with Gasteiger partial charge in [-0.25, -0.2) is 4.79 Å². The maximum absolute atomic E-state index is 12.3. The minimum atomic E-state index is -1.24. The lowest BCUT2D eigenvalue weighted by Crippen LogP contribution is -2.44. The summed E-state index contributed by atoms with van der Waals surface area (Å²) in [7, 11) is 0. The molecular formula is C15H24N4O14S. The molecule has 0 radical (unpaired) electrons. The summed E-state index contributed by atoms with van der Waals surface area (Å²) in [6.45, 7) is -1.42. The van der Waals surface area contributed by atoms with Gasteiger partial charge in [0, 0.05) is 18.6 Å². The Kier molecular flexibility index (Phi) is 17.1. The molecule has 0 saturated carbocycles. The molecule has 0 aliphatic heterocycles. The van der Waals surface area contributed by atoms with Gasteiger partial charge in [-0.1, -0.05) is 11.8 Å². The van der Waals surface area contributed by atoms with Crippen LogP contribution in [0.4, 0.5) is 0 Å². The molecule has 1 atom stereocenters. The molecule has 0 heterocycles. The van der Waals surface area contributed by atoms with Gasteiger partial charge in [0.25, 0.3) is 15.3 Å². The molecular weight excluding hydrogens is 492 g/mol. The Balaban J connectivity index is 4.51. The number of esters is 1. The van der Waals surface area contributed by atoms with Crippen LogP contribution in [0, 0.1) is 30.3 Å². The third-order valence-electron chi connectivity index (χ3n) is 3.39. The van der Waals surface area contributed by atoms with Crippen molar-refractivity contribution in [3.63, 3.8) is 0 Å². The highest BCUT2D eigenvalue weighted by atomic mass is 32.2. The van der Waals surface area contributed by atoms with Gasteiger partial charge in [0.1, 0.15) is 19.3 Å². The molecule has 0 aromatic rings. The quantitative estimate of drug-likeness (QED) is 0.0873. The highest BCUT2D eigenvalue weighted by Gasteiger charge is 2.23. The van der Waals surface area contributed by atoms with Crippen LogP contribution in [-0.4, -0.2) is 83.7 Å². The van der Waals surface area contributed by atoms with Crippen molar-refractivity contribution in [3.8, 4) is 0 Å². The van der Waals surface area contributed by atoms with Gasteiger partial charge in [-0.15, -0.1) is 30.3 Å². The fraction of sp³-hybridized carbons (Fsp3) is 0.800. The number of ether oxygens (including phenoxy) is 2. The molecule has 18 nitrogen and oxygen atoms in total. The van der Waals surface area contributed by atoms with Gasteiger partial charge in [-0.05, 0) is 12.8 Å². The number of hydrogen-bond acceptors (Lipinski definition) is 15. The minimum absolute atomic E-state index is 0.00282. The summed E-state index contributed by atoms with van der Waals surface area (Å²) < 4.78 is 9.93. The van der Waals surface area contributed by atoms with Crippen LogP contribution in [0.2, 0.25) is 0 Å². The van der Waals surface area contributed by atoms with Crippen molar-refractivity contribution >= 4 is 28.8 Å². The number of thioether (sulfide) groups is 1. The average Bonchev–Trinajstić information content (AvgIpc) is 2.75. The summed E-state index contributed by atoms with van der Waals surface area (Å²) in [5.74, 6) is -1.74. The largest absolute Gasteiger partial charge is 0.462 e. The SMILES string of the molecule is O=C(CCCO[N+](=O)[O-])NC(CSC(=O)CCCO[N+](=O)[O-])C(=O)OCCOCCO[N+](=O)[O-]. The maximum Gasteiger partial charge on any atom is 0.329 e. The first-order chi connectivity index (χ1) is 16.1. The Labute approximate surface area is 195 Å². The fourth-order valence-corrected chi connectivity index (χ4v) is 2.85. The predicted molar refractivity (Wildman–Crippen MR) is 108 cm³/mol. The predicted octanol–water partition coefficient (Wildman–Crippen LogP) is -0.524. The van der Waals surface area contributed by atoms with Crippen LogP contribution < -0.4 is 5.32 Å². The molecule has 194 valence electrons. The third-order valence-corrected chi connectivity index (χ3v) is 4.42. The monoisotopic (exact) mass is 516 g/mol. The van der Waals surface area contributed by atoms with Gasteiger partial charge in [-0.3, -0.25) is 9.59 Å². The molecule has 1 N–H and O–H groups in total. The van der Waals surface area contributed by atoms with Gasteiger partial charge >= 0.3 is 5.97 Å². The highest BCUT2D eigenvalue weighted by Crippen LogP contribution is 2.11. The topological polar surface area (TPSA) is 239 Å². The van der Waals surface area contributed by atoms with E-state index in [4.69, 9.17) is 9.47 Å². The number of nitrogens with zero attached hydrogens (tertiary/aromatic N) is 3. The van der Waals surface area contributed by atoms with E-state index in [0.717, 1.165) is 0 Å². The zero-order valence-electron chi connectivity index (χ0n) is 17.8. The Morgan fingerprint density at radius 2 is 1.29 bits per heavy atom. The Hall–Kier alpha value is -3.48. The zero-order valence-corrected chi connectivity index (χ0v) is 18.6. The lowest BCUT2D eigenvalue weighted by Gasteiger charge is -2.17. The normalized spacial score (nSPS) is 11.1. The number of carbonyl (C=O) groups is 3. The van der Waals surface area contributed by atoms with E-state index >= 15 is 0 Å². The van der Waals surface area contributed by atoms with E-state index in [1.807, 2.05) is 0 Å². The molecule has 0 aromatic carbocycles. The van der Waals surface area contributed by atoms with Crippen molar-refractivity contribution in [1.82, 2.24) is 5.32 Å². The van der Waals surface area contributed by atoms with E-state index in [9.17, 15) is 44.7 Å². The molecule has 0 aliphatic carbocycles. The lowest BCUT2D eigenvalue weighted by molar-refractivity contribution is -0.758. The molecule has 0 aromatic heterocycles. The van der Waals surface area contributed by atoms with E-state index in [2.05, 4.69) is 19.8 Å². The molecule has 0 saturated heterocycles. The van der Waals surface area contributed by atoms with Gasteiger partial charge in [-0.2, -0.15) is 0 Å². The van der Waals surface area contributed by atoms with E-state index in [-0.39, 0.29) is 71.1 Å². The van der Waals surface area contributed by atoms with E-state index in [0.29, 0.717) is 11.8 Å². The van der Waals surface area contributed by atoms with Gasteiger partial charge in [0.05, 0.1) is 26.4 Å². The second kappa shape index (κ2) is 19.0. The summed E-state index contributed by atoms with van der Waals surface area (Å²) in [5, 5.41) is 29.1. The highest BCUT2D eigenvalue weighted by molar-refractivity contribution is 8.13. The zero-order chi connectivity index (χ0) is 25.8. The Bertz CT molecular complexity index is 694. The molecule has 0 aliphatic rings.